The molecular weight excluding hydrogens is 370 g/mol. The van der Waals surface area contributed by atoms with Crippen LogP contribution in [-0.2, 0) is 6.54 Å². The van der Waals surface area contributed by atoms with Gasteiger partial charge in [0.15, 0.2) is 22.2 Å². The molecule has 0 spiro atoms. The van der Waals surface area contributed by atoms with Gasteiger partial charge in [0.1, 0.15) is 12.4 Å². The van der Waals surface area contributed by atoms with Gasteiger partial charge in [0.05, 0.1) is 5.39 Å². The highest BCUT2D eigenvalue weighted by molar-refractivity contribution is 7.16. The van der Waals surface area contributed by atoms with E-state index in [2.05, 4.69) is 10.5 Å². The lowest BCUT2D eigenvalue weighted by Gasteiger charge is -2.09. The fourth-order valence-corrected chi connectivity index (χ4v) is 3.44. The van der Waals surface area contributed by atoms with Gasteiger partial charge in [-0.2, -0.15) is 0 Å². The zero-order valence-corrected chi connectivity index (χ0v) is 15.1. The molecule has 0 unspecified atom stereocenters. The number of nitrogens with one attached hydrogen (secondary N) is 1. The van der Waals surface area contributed by atoms with Crippen LogP contribution in [0.25, 0.3) is 21.5 Å². The first-order valence-electron chi connectivity index (χ1n) is 8.41. The van der Waals surface area contributed by atoms with Gasteiger partial charge in [0, 0.05) is 18.7 Å². The van der Waals surface area contributed by atoms with Crippen LogP contribution in [0.2, 0.25) is 0 Å². The molecule has 27 heavy (non-hydrogen) atoms. The van der Waals surface area contributed by atoms with Gasteiger partial charge in [-0.1, -0.05) is 23.4 Å². The van der Waals surface area contributed by atoms with Crippen molar-refractivity contribution in [2.24, 2.45) is 0 Å². The number of fused-ring (bicyclic) bond motifs is 1. The largest absolute Gasteiger partial charge is 0.492 e. The Labute approximate surface area is 158 Å². The number of hydrogen-bond acceptors (Lipinski definition) is 5. The van der Waals surface area contributed by atoms with Crippen molar-refractivity contribution in [3.8, 4) is 17.1 Å². The second-order valence-corrected chi connectivity index (χ2v) is 6.85. The van der Waals surface area contributed by atoms with Crippen LogP contribution in [0.4, 0.5) is 8.78 Å². The summed E-state index contributed by atoms with van der Waals surface area (Å²) in [4.78, 5) is 0.873. The van der Waals surface area contributed by atoms with Gasteiger partial charge in [-0.25, -0.2) is 8.78 Å². The molecule has 0 atom stereocenters. The van der Waals surface area contributed by atoms with E-state index in [0.717, 1.165) is 33.4 Å². The first-order chi connectivity index (χ1) is 13.2. The minimum Gasteiger partial charge on any atom is -0.492 e. The molecule has 0 saturated heterocycles. The molecule has 0 aliphatic carbocycles. The van der Waals surface area contributed by atoms with Crippen molar-refractivity contribution in [2.75, 3.05) is 13.2 Å². The van der Waals surface area contributed by atoms with Gasteiger partial charge >= 0.3 is 0 Å². The molecule has 4 nitrogen and oxygen atoms in total. The van der Waals surface area contributed by atoms with E-state index in [1.165, 1.54) is 17.4 Å². The third-order valence-electron chi connectivity index (χ3n) is 4.07. The summed E-state index contributed by atoms with van der Waals surface area (Å²) < 4.78 is 37.3. The van der Waals surface area contributed by atoms with Crippen LogP contribution in [0.1, 0.15) is 5.56 Å². The zero-order chi connectivity index (χ0) is 18.6. The maximum Gasteiger partial charge on any atom is 0.175 e. The van der Waals surface area contributed by atoms with E-state index in [0.29, 0.717) is 25.3 Å². The third-order valence-corrected chi connectivity index (χ3v) is 4.86. The Morgan fingerprint density at radius 2 is 2.00 bits per heavy atom. The molecule has 2 heterocycles. The Kier molecular flexibility index (Phi) is 5.13. The normalized spacial score (nSPS) is 11.2. The van der Waals surface area contributed by atoms with Crippen molar-refractivity contribution >= 4 is 21.6 Å². The molecule has 4 aromatic rings. The Bertz CT molecular complexity index is 1060. The SMILES string of the molecule is Fc1ccc(CNCCOc2cccc(-c3onc4sccc34)c2)cc1F. The molecule has 0 fully saturated rings. The van der Waals surface area contributed by atoms with Crippen molar-refractivity contribution in [2.45, 2.75) is 6.54 Å². The highest BCUT2D eigenvalue weighted by atomic mass is 32.1. The maximum absolute atomic E-state index is 13.2. The first-order valence-corrected chi connectivity index (χ1v) is 9.29. The number of hydrogen-bond donors (Lipinski definition) is 1. The van der Waals surface area contributed by atoms with Crippen molar-refractivity contribution in [3.05, 3.63) is 71.1 Å². The first kappa shape index (κ1) is 17.6. The van der Waals surface area contributed by atoms with Gasteiger partial charge in [-0.15, -0.1) is 11.3 Å². The van der Waals surface area contributed by atoms with Crippen molar-refractivity contribution < 1.29 is 18.0 Å². The van der Waals surface area contributed by atoms with E-state index in [-0.39, 0.29) is 0 Å². The number of ether oxygens (including phenoxy) is 1. The molecule has 4 rings (SSSR count). The van der Waals surface area contributed by atoms with Crippen LogP contribution >= 0.6 is 11.3 Å². The number of rotatable bonds is 7. The number of halogens is 2. The lowest BCUT2D eigenvalue weighted by molar-refractivity contribution is 0.313. The lowest BCUT2D eigenvalue weighted by Crippen LogP contribution is -2.20. The Morgan fingerprint density at radius 1 is 1.07 bits per heavy atom. The molecule has 0 amide bonds. The van der Waals surface area contributed by atoms with Crippen LogP contribution in [-0.4, -0.2) is 18.3 Å². The second-order valence-electron chi connectivity index (χ2n) is 5.95. The predicted molar refractivity (Wildman–Crippen MR) is 101 cm³/mol. The van der Waals surface area contributed by atoms with E-state index in [9.17, 15) is 8.78 Å². The van der Waals surface area contributed by atoms with Crippen molar-refractivity contribution in [1.29, 1.82) is 0 Å². The molecule has 0 aliphatic heterocycles. The number of benzene rings is 2. The molecule has 0 saturated carbocycles. The highest BCUT2D eigenvalue weighted by Gasteiger charge is 2.12. The van der Waals surface area contributed by atoms with Gasteiger partial charge in [-0.3, -0.25) is 0 Å². The second kappa shape index (κ2) is 7.85. The van der Waals surface area contributed by atoms with E-state index in [1.807, 2.05) is 35.7 Å². The average Bonchev–Trinajstić information content (AvgIpc) is 3.28. The zero-order valence-electron chi connectivity index (χ0n) is 14.2. The minimum atomic E-state index is -0.839. The minimum absolute atomic E-state index is 0.439. The molecular formula is C20H16F2N2O2S. The van der Waals surface area contributed by atoms with Crippen LogP contribution in [0.15, 0.2) is 58.4 Å². The van der Waals surface area contributed by atoms with Gasteiger partial charge in [0.2, 0.25) is 0 Å². The van der Waals surface area contributed by atoms with Gasteiger partial charge < -0.3 is 14.6 Å². The summed E-state index contributed by atoms with van der Waals surface area (Å²) in [5.74, 6) is -0.224. The summed E-state index contributed by atoms with van der Waals surface area (Å²) in [5.41, 5.74) is 1.59. The van der Waals surface area contributed by atoms with Gasteiger partial charge in [0.25, 0.3) is 0 Å². The van der Waals surface area contributed by atoms with Crippen LogP contribution in [0.3, 0.4) is 0 Å². The van der Waals surface area contributed by atoms with Gasteiger partial charge in [-0.05, 0) is 41.3 Å². The molecule has 2 aromatic carbocycles. The highest BCUT2D eigenvalue weighted by Crippen LogP contribution is 2.33. The monoisotopic (exact) mass is 386 g/mol. The maximum atomic E-state index is 13.2. The lowest BCUT2D eigenvalue weighted by atomic mass is 10.1. The molecule has 0 aliphatic rings. The molecule has 7 heteroatoms. The molecule has 1 N–H and O–H groups in total. The van der Waals surface area contributed by atoms with Crippen LogP contribution in [0, 0.1) is 11.6 Å². The summed E-state index contributed by atoms with van der Waals surface area (Å²) >= 11 is 1.54. The fourth-order valence-electron chi connectivity index (χ4n) is 2.74. The van der Waals surface area contributed by atoms with Crippen LogP contribution in [0.5, 0.6) is 5.75 Å². The Morgan fingerprint density at radius 3 is 2.89 bits per heavy atom. The quantitative estimate of drug-likeness (QED) is 0.454. The number of thiophene rings is 1. The Balaban J connectivity index is 1.31. The fraction of sp³-hybridized carbons (Fsp3) is 0.150. The Hall–Kier alpha value is -2.77. The van der Waals surface area contributed by atoms with Crippen molar-refractivity contribution in [3.63, 3.8) is 0 Å². The number of aromatic nitrogens is 1. The molecule has 0 radical (unpaired) electrons. The standard InChI is InChI=1S/C20H16F2N2O2S/c21-17-5-4-13(10-18(17)22)12-23-7-8-25-15-3-1-2-14(11-15)19-16-6-9-27-20(16)24-26-19/h1-6,9-11,23H,7-8,12H2. The predicted octanol–water partition coefficient (Wildman–Crippen LogP) is 5.00. The molecule has 2 aromatic heterocycles. The van der Waals surface area contributed by atoms with E-state index >= 15 is 0 Å². The van der Waals surface area contributed by atoms with Crippen LogP contribution < -0.4 is 10.1 Å². The average molecular weight is 386 g/mol. The van der Waals surface area contributed by atoms with Crippen molar-refractivity contribution in [1.82, 2.24) is 10.5 Å². The third kappa shape index (κ3) is 3.99. The van der Waals surface area contributed by atoms with E-state index < -0.39 is 11.6 Å². The summed E-state index contributed by atoms with van der Waals surface area (Å²) in [6.45, 7) is 1.45. The van der Waals surface area contributed by atoms with E-state index in [4.69, 9.17) is 9.26 Å². The summed E-state index contributed by atoms with van der Waals surface area (Å²) in [5, 5.41) is 10.2. The molecule has 138 valence electrons. The number of nitrogens with zero attached hydrogens (tertiary/aromatic N) is 1. The summed E-state index contributed by atoms with van der Waals surface area (Å²) in [7, 11) is 0. The molecule has 0 bridgehead atoms. The summed E-state index contributed by atoms with van der Waals surface area (Å²) in [6, 6.07) is 13.5. The van der Waals surface area contributed by atoms with E-state index in [1.54, 1.807) is 6.07 Å². The summed E-state index contributed by atoms with van der Waals surface area (Å²) in [6.07, 6.45) is 0. The topological polar surface area (TPSA) is 47.3 Å². The smallest absolute Gasteiger partial charge is 0.175 e.